The predicted molar refractivity (Wildman–Crippen MR) is 65.2 cm³/mol. The Morgan fingerprint density at radius 3 is 2.25 bits per heavy atom. The van der Waals surface area contributed by atoms with Gasteiger partial charge in [0.1, 0.15) is 0 Å². The van der Waals surface area contributed by atoms with Crippen molar-refractivity contribution in [2.24, 2.45) is 0 Å². The quantitative estimate of drug-likeness (QED) is 0.777. The standard InChI is InChI=1S/C13H24N2O/c1-9(2)15-12-5-4-6-13(15)8-11(7-12)14-10(3)16/h9,11-13H,4-8H2,1-3H3,(H,14,16)/t11?,12-,13?/m1/s1. The molecule has 2 aliphatic heterocycles. The third-order valence-corrected chi connectivity index (χ3v) is 4.03. The highest BCUT2D eigenvalue weighted by molar-refractivity contribution is 5.73. The Balaban J connectivity index is 2.02. The molecular formula is C13H24N2O. The van der Waals surface area contributed by atoms with Gasteiger partial charge in [-0.2, -0.15) is 0 Å². The lowest BCUT2D eigenvalue weighted by molar-refractivity contribution is -0.120. The van der Waals surface area contributed by atoms with E-state index < -0.39 is 0 Å². The molecule has 2 saturated heterocycles. The van der Waals surface area contributed by atoms with Gasteiger partial charge >= 0.3 is 0 Å². The van der Waals surface area contributed by atoms with E-state index in [2.05, 4.69) is 24.1 Å². The second-order valence-electron chi connectivity index (χ2n) is 5.65. The third kappa shape index (κ3) is 2.40. The van der Waals surface area contributed by atoms with Gasteiger partial charge in [0.15, 0.2) is 0 Å². The molecule has 3 heteroatoms. The second kappa shape index (κ2) is 4.74. The highest BCUT2D eigenvalue weighted by Gasteiger charge is 2.39. The summed E-state index contributed by atoms with van der Waals surface area (Å²) in [6.45, 7) is 6.22. The van der Waals surface area contributed by atoms with E-state index in [4.69, 9.17) is 0 Å². The zero-order valence-electron chi connectivity index (χ0n) is 10.7. The summed E-state index contributed by atoms with van der Waals surface area (Å²) in [6, 6.07) is 2.46. The highest BCUT2D eigenvalue weighted by Crippen LogP contribution is 2.35. The van der Waals surface area contributed by atoms with Gasteiger partial charge in [0, 0.05) is 31.1 Å². The number of piperidine rings is 2. The number of carbonyl (C=O) groups excluding carboxylic acids is 1. The van der Waals surface area contributed by atoms with Crippen molar-refractivity contribution in [1.82, 2.24) is 10.2 Å². The van der Waals surface area contributed by atoms with Gasteiger partial charge in [0.2, 0.25) is 5.91 Å². The molecule has 0 saturated carbocycles. The van der Waals surface area contributed by atoms with Gasteiger partial charge < -0.3 is 5.32 Å². The maximum absolute atomic E-state index is 11.1. The number of hydrogen-bond donors (Lipinski definition) is 1. The molecule has 3 atom stereocenters. The fourth-order valence-electron chi connectivity index (χ4n) is 3.67. The summed E-state index contributed by atoms with van der Waals surface area (Å²) in [7, 11) is 0. The molecule has 0 spiro atoms. The fourth-order valence-corrected chi connectivity index (χ4v) is 3.67. The number of rotatable bonds is 2. The van der Waals surface area contributed by atoms with Gasteiger partial charge in [0.05, 0.1) is 0 Å². The molecule has 0 aromatic carbocycles. The fraction of sp³-hybridized carbons (Fsp3) is 0.923. The van der Waals surface area contributed by atoms with Crippen molar-refractivity contribution in [3.05, 3.63) is 0 Å². The summed E-state index contributed by atoms with van der Waals surface area (Å²) in [5.41, 5.74) is 0. The van der Waals surface area contributed by atoms with Crippen LogP contribution in [0.4, 0.5) is 0 Å². The van der Waals surface area contributed by atoms with Crippen molar-refractivity contribution < 1.29 is 4.79 Å². The molecule has 2 unspecified atom stereocenters. The predicted octanol–water partition coefficient (Wildman–Crippen LogP) is 1.92. The Bertz CT molecular complexity index is 251. The Kier molecular flexibility index (Phi) is 3.53. The van der Waals surface area contributed by atoms with Crippen LogP contribution in [0.2, 0.25) is 0 Å². The SMILES string of the molecule is CC(=O)NC1CC2CCC[C@H](C1)N2C(C)C. The molecule has 2 rings (SSSR count). The van der Waals surface area contributed by atoms with Gasteiger partial charge in [-0.15, -0.1) is 0 Å². The van der Waals surface area contributed by atoms with Crippen molar-refractivity contribution in [2.45, 2.75) is 77.0 Å². The average Bonchev–Trinajstić information content (AvgIpc) is 2.14. The van der Waals surface area contributed by atoms with E-state index in [9.17, 15) is 4.79 Å². The van der Waals surface area contributed by atoms with Gasteiger partial charge in [0.25, 0.3) is 0 Å². The molecule has 3 nitrogen and oxygen atoms in total. The van der Waals surface area contributed by atoms with Crippen LogP contribution in [0.1, 0.15) is 52.9 Å². The number of carbonyl (C=O) groups is 1. The van der Waals surface area contributed by atoms with E-state index in [0.29, 0.717) is 24.2 Å². The van der Waals surface area contributed by atoms with Crippen LogP contribution in [0.15, 0.2) is 0 Å². The first kappa shape index (κ1) is 11.9. The summed E-state index contributed by atoms with van der Waals surface area (Å²) in [5, 5.41) is 3.10. The molecule has 92 valence electrons. The van der Waals surface area contributed by atoms with Crippen LogP contribution in [-0.2, 0) is 4.79 Å². The topological polar surface area (TPSA) is 32.3 Å². The smallest absolute Gasteiger partial charge is 0.217 e. The van der Waals surface area contributed by atoms with Crippen molar-refractivity contribution >= 4 is 5.91 Å². The summed E-state index contributed by atoms with van der Waals surface area (Å²) in [4.78, 5) is 13.8. The molecule has 0 radical (unpaired) electrons. The van der Waals surface area contributed by atoms with Crippen molar-refractivity contribution in [2.75, 3.05) is 0 Å². The monoisotopic (exact) mass is 224 g/mol. The van der Waals surface area contributed by atoms with E-state index in [1.54, 1.807) is 6.92 Å². The maximum atomic E-state index is 11.1. The van der Waals surface area contributed by atoms with Crippen LogP contribution in [0.3, 0.4) is 0 Å². The lowest BCUT2D eigenvalue weighted by Crippen LogP contribution is -2.58. The second-order valence-corrected chi connectivity index (χ2v) is 5.65. The zero-order chi connectivity index (χ0) is 11.7. The summed E-state index contributed by atoms with van der Waals surface area (Å²) < 4.78 is 0. The molecule has 1 N–H and O–H groups in total. The van der Waals surface area contributed by atoms with Crippen LogP contribution >= 0.6 is 0 Å². The molecule has 2 fully saturated rings. The first-order valence-electron chi connectivity index (χ1n) is 6.62. The first-order valence-corrected chi connectivity index (χ1v) is 6.62. The minimum Gasteiger partial charge on any atom is -0.353 e. The van der Waals surface area contributed by atoms with Gasteiger partial charge in [-0.3, -0.25) is 9.69 Å². The molecule has 16 heavy (non-hydrogen) atoms. The van der Waals surface area contributed by atoms with Crippen LogP contribution in [0.25, 0.3) is 0 Å². The minimum absolute atomic E-state index is 0.126. The van der Waals surface area contributed by atoms with E-state index in [-0.39, 0.29) is 5.91 Å². The number of hydrogen-bond acceptors (Lipinski definition) is 2. The Hall–Kier alpha value is -0.570. The van der Waals surface area contributed by atoms with E-state index >= 15 is 0 Å². The van der Waals surface area contributed by atoms with E-state index in [0.717, 1.165) is 12.8 Å². The van der Waals surface area contributed by atoms with Gasteiger partial charge in [-0.25, -0.2) is 0 Å². The first-order chi connectivity index (χ1) is 7.58. The van der Waals surface area contributed by atoms with Crippen molar-refractivity contribution in [3.63, 3.8) is 0 Å². The maximum Gasteiger partial charge on any atom is 0.217 e. The molecule has 2 bridgehead atoms. The van der Waals surface area contributed by atoms with Gasteiger partial charge in [-0.05, 0) is 39.5 Å². The van der Waals surface area contributed by atoms with Crippen molar-refractivity contribution in [3.8, 4) is 0 Å². The van der Waals surface area contributed by atoms with Gasteiger partial charge in [-0.1, -0.05) is 6.42 Å². The molecule has 0 aromatic rings. The Morgan fingerprint density at radius 2 is 1.81 bits per heavy atom. The van der Waals surface area contributed by atoms with Crippen LogP contribution in [-0.4, -0.2) is 35.0 Å². The lowest BCUT2D eigenvalue weighted by atomic mass is 9.81. The number of nitrogens with zero attached hydrogens (tertiary/aromatic N) is 1. The summed E-state index contributed by atoms with van der Waals surface area (Å²) >= 11 is 0. The number of amides is 1. The van der Waals surface area contributed by atoms with Crippen LogP contribution < -0.4 is 5.32 Å². The lowest BCUT2D eigenvalue weighted by Gasteiger charge is -2.51. The number of fused-ring (bicyclic) bond motifs is 2. The average molecular weight is 224 g/mol. The van der Waals surface area contributed by atoms with Crippen LogP contribution in [0.5, 0.6) is 0 Å². The largest absolute Gasteiger partial charge is 0.353 e. The minimum atomic E-state index is 0.126. The number of nitrogens with one attached hydrogen (secondary N) is 1. The van der Waals surface area contributed by atoms with E-state index in [1.165, 1.54) is 19.3 Å². The van der Waals surface area contributed by atoms with E-state index in [1.807, 2.05) is 0 Å². The molecule has 0 aromatic heterocycles. The Morgan fingerprint density at radius 1 is 1.25 bits per heavy atom. The third-order valence-electron chi connectivity index (χ3n) is 4.03. The highest BCUT2D eigenvalue weighted by atomic mass is 16.1. The normalized spacial score (nSPS) is 35.1. The molecule has 2 aliphatic rings. The summed E-state index contributed by atoms with van der Waals surface area (Å²) in [5.74, 6) is 0.126. The molecule has 1 amide bonds. The Labute approximate surface area is 98.6 Å². The molecule has 0 aliphatic carbocycles. The summed E-state index contributed by atoms with van der Waals surface area (Å²) in [6.07, 6.45) is 6.28. The zero-order valence-corrected chi connectivity index (χ0v) is 10.7. The van der Waals surface area contributed by atoms with Crippen molar-refractivity contribution in [1.29, 1.82) is 0 Å². The van der Waals surface area contributed by atoms with Crippen LogP contribution in [0, 0.1) is 0 Å². The molecule has 2 heterocycles. The molecular weight excluding hydrogens is 200 g/mol.